The Morgan fingerprint density at radius 3 is 2.72 bits per heavy atom. The number of carbonyl (C=O) groups excluding carboxylic acids is 1. The third-order valence-corrected chi connectivity index (χ3v) is 8.68. The lowest BCUT2D eigenvalue weighted by Crippen LogP contribution is -2.48. The van der Waals surface area contributed by atoms with E-state index in [1.54, 1.807) is 21.0 Å². The quantitative estimate of drug-likeness (QED) is 0.657. The summed E-state index contributed by atoms with van der Waals surface area (Å²) in [6.45, 7) is 4.56. The molecule has 1 amide bonds. The molecule has 174 valence electrons. The highest BCUT2D eigenvalue weighted by Crippen LogP contribution is 2.31. The molecule has 0 radical (unpaired) electrons. The van der Waals surface area contributed by atoms with Crippen LogP contribution >= 0.6 is 0 Å². The van der Waals surface area contributed by atoms with Crippen molar-refractivity contribution in [2.24, 2.45) is 5.92 Å². The van der Waals surface area contributed by atoms with E-state index in [-0.39, 0.29) is 35.1 Å². The number of aromatic nitrogens is 1. The zero-order valence-corrected chi connectivity index (χ0v) is 19.7. The van der Waals surface area contributed by atoms with Crippen molar-refractivity contribution in [3.8, 4) is 5.75 Å². The first-order valence-electron chi connectivity index (χ1n) is 11.2. The predicted molar refractivity (Wildman–Crippen MR) is 119 cm³/mol. The van der Waals surface area contributed by atoms with E-state index < -0.39 is 10.0 Å². The van der Waals surface area contributed by atoms with E-state index in [0.29, 0.717) is 25.1 Å². The van der Waals surface area contributed by atoms with Crippen molar-refractivity contribution in [2.45, 2.75) is 56.9 Å². The number of sulfonamides is 1. The van der Waals surface area contributed by atoms with Crippen molar-refractivity contribution in [2.75, 3.05) is 26.7 Å². The molecule has 2 unspecified atom stereocenters. The van der Waals surface area contributed by atoms with Crippen LogP contribution in [0, 0.1) is 19.8 Å². The Morgan fingerprint density at radius 2 is 2.00 bits per heavy atom. The Labute approximate surface area is 189 Å². The van der Waals surface area contributed by atoms with Gasteiger partial charge in [-0.25, -0.2) is 8.42 Å². The number of amides is 1. The Hall–Kier alpha value is -2.39. The molecule has 0 bridgehead atoms. The van der Waals surface area contributed by atoms with E-state index in [0.717, 1.165) is 37.1 Å². The molecule has 9 heteroatoms. The minimum absolute atomic E-state index is 0.0639. The van der Waals surface area contributed by atoms with Gasteiger partial charge in [-0.15, -0.1) is 0 Å². The summed E-state index contributed by atoms with van der Waals surface area (Å²) in [5, 5.41) is 3.79. The van der Waals surface area contributed by atoms with Crippen molar-refractivity contribution in [1.82, 2.24) is 14.4 Å². The zero-order valence-electron chi connectivity index (χ0n) is 18.9. The molecular formula is C23H31N3O5S. The number of aryl methyl sites for hydroxylation is 2. The molecule has 2 aliphatic rings. The van der Waals surface area contributed by atoms with Gasteiger partial charge in [0.15, 0.2) is 5.76 Å². The average molecular weight is 462 g/mol. The normalized spacial score (nSPS) is 22.3. The predicted octanol–water partition coefficient (Wildman–Crippen LogP) is 2.93. The largest absolute Gasteiger partial charge is 0.497 e. The maximum absolute atomic E-state index is 13.5. The van der Waals surface area contributed by atoms with Crippen molar-refractivity contribution >= 4 is 15.9 Å². The molecule has 2 atom stereocenters. The maximum Gasteiger partial charge on any atom is 0.248 e. The molecule has 0 spiro atoms. The van der Waals surface area contributed by atoms with Gasteiger partial charge in [-0.05, 0) is 63.6 Å². The van der Waals surface area contributed by atoms with Gasteiger partial charge in [-0.3, -0.25) is 4.79 Å². The van der Waals surface area contributed by atoms with Gasteiger partial charge in [0.1, 0.15) is 16.3 Å². The fourth-order valence-electron chi connectivity index (χ4n) is 4.98. The summed E-state index contributed by atoms with van der Waals surface area (Å²) >= 11 is 0. The molecule has 0 saturated carbocycles. The Bertz CT molecular complexity index is 1060. The van der Waals surface area contributed by atoms with Crippen LogP contribution in [-0.4, -0.2) is 61.5 Å². The molecular weight excluding hydrogens is 430 g/mol. The first-order chi connectivity index (χ1) is 15.3. The summed E-state index contributed by atoms with van der Waals surface area (Å²) in [7, 11) is -2.10. The van der Waals surface area contributed by atoms with Crippen molar-refractivity contribution in [1.29, 1.82) is 0 Å². The molecule has 1 aromatic carbocycles. The molecule has 2 aromatic rings. The minimum atomic E-state index is -3.75. The Morgan fingerprint density at radius 1 is 1.22 bits per heavy atom. The van der Waals surface area contributed by atoms with Gasteiger partial charge in [0.25, 0.3) is 0 Å². The average Bonchev–Trinajstić information content (AvgIpc) is 3.39. The molecule has 8 nitrogen and oxygen atoms in total. The fourth-order valence-corrected chi connectivity index (χ4v) is 6.79. The van der Waals surface area contributed by atoms with Crippen LogP contribution in [0.15, 0.2) is 33.7 Å². The van der Waals surface area contributed by atoms with Gasteiger partial charge in [-0.1, -0.05) is 17.3 Å². The maximum atomic E-state index is 13.5. The molecule has 4 rings (SSSR count). The van der Waals surface area contributed by atoms with Crippen molar-refractivity contribution in [3.05, 3.63) is 41.3 Å². The van der Waals surface area contributed by atoms with Crippen LogP contribution in [0.3, 0.4) is 0 Å². The van der Waals surface area contributed by atoms with Crippen molar-refractivity contribution < 1.29 is 22.5 Å². The van der Waals surface area contributed by atoms with E-state index >= 15 is 0 Å². The van der Waals surface area contributed by atoms with E-state index in [1.165, 1.54) is 4.31 Å². The summed E-state index contributed by atoms with van der Waals surface area (Å²) in [5.41, 5.74) is 1.49. The topological polar surface area (TPSA) is 93.0 Å². The smallest absolute Gasteiger partial charge is 0.248 e. The summed E-state index contributed by atoms with van der Waals surface area (Å²) in [4.78, 5) is 15.6. The highest BCUT2D eigenvalue weighted by molar-refractivity contribution is 7.89. The summed E-state index contributed by atoms with van der Waals surface area (Å²) < 4.78 is 38.3. The van der Waals surface area contributed by atoms with Gasteiger partial charge in [-0.2, -0.15) is 4.31 Å². The molecule has 2 fully saturated rings. The summed E-state index contributed by atoms with van der Waals surface area (Å²) in [5.74, 6) is 0.832. The van der Waals surface area contributed by atoms with Crippen LogP contribution in [0.4, 0.5) is 0 Å². The molecule has 0 N–H and O–H groups in total. The van der Waals surface area contributed by atoms with Crippen LogP contribution in [0.25, 0.3) is 0 Å². The highest BCUT2D eigenvalue weighted by atomic mass is 32.2. The number of hydrogen-bond acceptors (Lipinski definition) is 6. The lowest BCUT2D eigenvalue weighted by Gasteiger charge is -2.35. The van der Waals surface area contributed by atoms with Gasteiger partial charge in [0.2, 0.25) is 15.9 Å². The molecule has 0 aliphatic carbocycles. The van der Waals surface area contributed by atoms with Crippen molar-refractivity contribution in [3.63, 3.8) is 0 Å². The number of likely N-dealkylation sites (tertiary alicyclic amines) is 1. The Balaban J connectivity index is 1.47. The molecule has 32 heavy (non-hydrogen) atoms. The molecule has 2 saturated heterocycles. The number of nitrogens with zero attached hydrogens (tertiary/aromatic N) is 3. The molecule has 3 heterocycles. The lowest BCUT2D eigenvalue weighted by atomic mass is 9.96. The summed E-state index contributed by atoms with van der Waals surface area (Å²) in [6, 6.07) is 8.08. The number of ether oxygens (including phenoxy) is 1. The molecule has 2 aliphatic heterocycles. The number of rotatable bonds is 6. The highest BCUT2D eigenvalue weighted by Gasteiger charge is 2.39. The van der Waals surface area contributed by atoms with Crippen LogP contribution in [0.5, 0.6) is 5.75 Å². The number of benzene rings is 1. The van der Waals surface area contributed by atoms with E-state index in [4.69, 9.17) is 9.26 Å². The van der Waals surface area contributed by atoms with Gasteiger partial charge >= 0.3 is 0 Å². The number of piperidine rings is 1. The Kier molecular flexibility index (Phi) is 6.57. The van der Waals surface area contributed by atoms with Gasteiger partial charge in [0, 0.05) is 25.7 Å². The lowest BCUT2D eigenvalue weighted by molar-refractivity contribution is -0.137. The fraction of sp³-hybridized carbons (Fsp3) is 0.565. The monoisotopic (exact) mass is 461 g/mol. The number of hydrogen-bond donors (Lipinski definition) is 0. The van der Waals surface area contributed by atoms with Gasteiger partial charge in [0.05, 0.1) is 13.0 Å². The van der Waals surface area contributed by atoms with E-state index in [9.17, 15) is 13.2 Å². The second-order valence-corrected chi connectivity index (χ2v) is 10.6. The SMILES string of the molecule is COc1cccc(CC2CCCN2C(=O)C2CCCN(S(=O)(=O)c3c(C)noc3C)C2)c1. The first kappa shape index (κ1) is 22.8. The second-order valence-electron chi connectivity index (χ2n) is 8.74. The van der Waals surface area contributed by atoms with Gasteiger partial charge < -0.3 is 14.2 Å². The van der Waals surface area contributed by atoms with Crippen LogP contribution in [0.2, 0.25) is 0 Å². The van der Waals surface area contributed by atoms with Crippen LogP contribution in [0.1, 0.15) is 42.7 Å². The van der Waals surface area contributed by atoms with Crippen LogP contribution < -0.4 is 4.74 Å². The first-order valence-corrected chi connectivity index (χ1v) is 12.6. The summed E-state index contributed by atoms with van der Waals surface area (Å²) in [6.07, 6.45) is 4.06. The molecule has 1 aromatic heterocycles. The number of carbonyl (C=O) groups is 1. The van der Waals surface area contributed by atoms with Crippen LogP contribution in [-0.2, 0) is 21.2 Å². The third kappa shape index (κ3) is 4.41. The second kappa shape index (κ2) is 9.23. The number of methoxy groups -OCH3 is 1. The third-order valence-electron chi connectivity index (χ3n) is 6.56. The zero-order chi connectivity index (χ0) is 22.9. The minimum Gasteiger partial charge on any atom is -0.497 e. The standard InChI is InChI=1S/C23H31N3O5S/c1-16-22(17(2)31-24-16)32(28,29)25-11-5-8-19(15-25)23(27)26-12-6-9-20(26)13-18-7-4-10-21(14-18)30-3/h4,7,10,14,19-20H,5-6,8-9,11-13,15H2,1-3H3. The van der Waals surface area contributed by atoms with E-state index in [2.05, 4.69) is 11.2 Å². The van der Waals surface area contributed by atoms with E-state index in [1.807, 2.05) is 23.1 Å².